The zero-order valence-electron chi connectivity index (χ0n) is 16.5. The summed E-state index contributed by atoms with van der Waals surface area (Å²) in [6, 6.07) is 6.25. The molecule has 4 heteroatoms. The zero-order chi connectivity index (χ0) is 18.4. The van der Waals surface area contributed by atoms with Gasteiger partial charge in [0.2, 0.25) is 0 Å². The van der Waals surface area contributed by atoms with Crippen LogP contribution < -0.4 is 10.1 Å². The molecule has 1 atom stereocenters. The van der Waals surface area contributed by atoms with Gasteiger partial charge in [-0.05, 0) is 68.8 Å². The van der Waals surface area contributed by atoms with Gasteiger partial charge < -0.3 is 15.0 Å². The molecule has 25 heavy (non-hydrogen) atoms. The molecule has 0 radical (unpaired) electrons. The van der Waals surface area contributed by atoms with Crippen molar-refractivity contribution in [1.29, 1.82) is 0 Å². The van der Waals surface area contributed by atoms with Gasteiger partial charge >= 0.3 is 0 Å². The Bertz CT molecular complexity index is 563. The third kappa shape index (κ3) is 5.46. The van der Waals surface area contributed by atoms with Gasteiger partial charge in [-0.2, -0.15) is 0 Å². The Morgan fingerprint density at radius 3 is 2.56 bits per heavy atom. The predicted molar refractivity (Wildman–Crippen MR) is 103 cm³/mol. The van der Waals surface area contributed by atoms with Gasteiger partial charge in [-0.1, -0.05) is 32.9 Å². The summed E-state index contributed by atoms with van der Waals surface area (Å²) in [6.07, 6.45) is 1.71. The molecule has 1 unspecified atom stereocenters. The molecular weight excluding hydrogens is 312 g/mol. The van der Waals surface area contributed by atoms with Gasteiger partial charge in [0, 0.05) is 13.1 Å². The number of piperidine rings is 1. The van der Waals surface area contributed by atoms with Crippen molar-refractivity contribution < 1.29 is 9.53 Å². The number of amides is 1. The Labute approximate surface area is 152 Å². The number of carbonyl (C=O) groups is 1. The van der Waals surface area contributed by atoms with E-state index < -0.39 is 6.10 Å². The van der Waals surface area contributed by atoms with Crippen LogP contribution in [0.25, 0.3) is 0 Å². The molecule has 0 aromatic heterocycles. The minimum Gasteiger partial charge on any atom is -0.481 e. The zero-order valence-corrected chi connectivity index (χ0v) is 16.5. The van der Waals surface area contributed by atoms with E-state index >= 15 is 0 Å². The summed E-state index contributed by atoms with van der Waals surface area (Å²) >= 11 is 0. The number of nitrogens with one attached hydrogen (secondary N) is 1. The number of aryl methyl sites for hydroxylation is 1. The van der Waals surface area contributed by atoms with E-state index in [1.807, 2.05) is 17.9 Å². The van der Waals surface area contributed by atoms with E-state index in [4.69, 9.17) is 4.74 Å². The first-order valence-corrected chi connectivity index (χ1v) is 9.69. The normalized spacial score (nSPS) is 17.0. The first kappa shape index (κ1) is 19.8. The van der Waals surface area contributed by atoms with Crippen molar-refractivity contribution in [2.45, 2.75) is 59.5 Å². The summed E-state index contributed by atoms with van der Waals surface area (Å²) in [7, 11) is 0. The number of hydrogen-bond donors (Lipinski definition) is 1. The Kier molecular flexibility index (Phi) is 7.30. The second-order valence-electron chi connectivity index (χ2n) is 7.53. The highest BCUT2D eigenvalue weighted by molar-refractivity contribution is 5.81. The number of ether oxygens (including phenoxy) is 1. The third-order valence-electron chi connectivity index (χ3n) is 5.05. The number of rotatable bonds is 7. The highest BCUT2D eigenvalue weighted by Crippen LogP contribution is 2.29. The number of likely N-dealkylation sites (tertiary alicyclic amines) is 1. The second-order valence-corrected chi connectivity index (χ2v) is 7.53. The SMILES string of the molecule is CCNCC1CCN(C(=O)C(C)Oc2cc(C)ccc2C(C)C)CC1. The molecule has 1 heterocycles. The molecule has 1 aliphatic rings. The highest BCUT2D eigenvalue weighted by Gasteiger charge is 2.27. The molecule has 1 aromatic carbocycles. The lowest BCUT2D eigenvalue weighted by molar-refractivity contribution is -0.139. The average Bonchev–Trinajstić information content (AvgIpc) is 2.59. The van der Waals surface area contributed by atoms with Crippen LogP contribution in [0.1, 0.15) is 57.6 Å². The quantitative estimate of drug-likeness (QED) is 0.818. The molecule has 0 saturated carbocycles. The molecular formula is C21H34N2O2. The Morgan fingerprint density at radius 2 is 1.96 bits per heavy atom. The minimum absolute atomic E-state index is 0.109. The van der Waals surface area contributed by atoms with E-state index in [1.165, 1.54) is 0 Å². The van der Waals surface area contributed by atoms with Crippen molar-refractivity contribution >= 4 is 5.91 Å². The summed E-state index contributed by atoms with van der Waals surface area (Å²) in [6.45, 7) is 14.1. The summed E-state index contributed by atoms with van der Waals surface area (Å²) < 4.78 is 6.09. The van der Waals surface area contributed by atoms with Crippen LogP contribution >= 0.6 is 0 Å². The van der Waals surface area contributed by atoms with Gasteiger partial charge in [0.15, 0.2) is 6.10 Å². The van der Waals surface area contributed by atoms with Crippen LogP contribution in [-0.2, 0) is 4.79 Å². The highest BCUT2D eigenvalue weighted by atomic mass is 16.5. The monoisotopic (exact) mass is 346 g/mol. The molecule has 1 aromatic rings. The first-order chi connectivity index (χ1) is 11.9. The molecule has 1 aliphatic heterocycles. The lowest BCUT2D eigenvalue weighted by Gasteiger charge is -2.33. The fourth-order valence-electron chi connectivity index (χ4n) is 3.42. The number of carbonyl (C=O) groups excluding carboxylic acids is 1. The molecule has 0 spiro atoms. The predicted octanol–water partition coefficient (Wildman–Crippen LogP) is 3.73. The van der Waals surface area contributed by atoms with Gasteiger partial charge in [0.05, 0.1) is 0 Å². The van der Waals surface area contributed by atoms with Crippen LogP contribution in [0.5, 0.6) is 5.75 Å². The van der Waals surface area contributed by atoms with E-state index in [1.54, 1.807) is 0 Å². The van der Waals surface area contributed by atoms with Gasteiger partial charge in [0.25, 0.3) is 5.91 Å². The van der Waals surface area contributed by atoms with Crippen LogP contribution in [0.15, 0.2) is 18.2 Å². The van der Waals surface area contributed by atoms with Crippen LogP contribution in [0, 0.1) is 12.8 Å². The largest absolute Gasteiger partial charge is 0.481 e. The molecule has 140 valence electrons. The summed E-state index contributed by atoms with van der Waals surface area (Å²) in [5.74, 6) is 2.01. The molecule has 0 bridgehead atoms. The van der Waals surface area contributed by atoms with Crippen LogP contribution in [-0.4, -0.2) is 43.1 Å². The van der Waals surface area contributed by atoms with E-state index in [2.05, 4.69) is 45.1 Å². The van der Waals surface area contributed by atoms with E-state index in [9.17, 15) is 4.79 Å². The molecule has 1 saturated heterocycles. The van der Waals surface area contributed by atoms with Gasteiger partial charge in [-0.3, -0.25) is 4.79 Å². The van der Waals surface area contributed by atoms with E-state index in [0.717, 1.165) is 55.9 Å². The molecule has 1 N–H and O–H groups in total. The van der Waals surface area contributed by atoms with Crippen LogP contribution in [0.3, 0.4) is 0 Å². The Hall–Kier alpha value is -1.55. The molecule has 2 rings (SSSR count). The Balaban J connectivity index is 1.94. The fourth-order valence-corrected chi connectivity index (χ4v) is 3.42. The fraction of sp³-hybridized carbons (Fsp3) is 0.667. The lowest BCUT2D eigenvalue weighted by Crippen LogP contribution is -2.46. The summed E-state index contributed by atoms with van der Waals surface area (Å²) in [4.78, 5) is 14.7. The van der Waals surface area contributed by atoms with Gasteiger partial charge in [-0.15, -0.1) is 0 Å². The Morgan fingerprint density at radius 1 is 1.28 bits per heavy atom. The number of nitrogens with zero attached hydrogens (tertiary/aromatic N) is 1. The van der Waals surface area contributed by atoms with Crippen molar-refractivity contribution in [1.82, 2.24) is 10.2 Å². The third-order valence-corrected chi connectivity index (χ3v) is 5.05. The van der Waals surface area contributed by atoms with E-state index in [0.29, 0.717) is 11.8 Å². The average molecular weight is 347 g/mol. The van der Waals surface area contributed by atoms with Crippen LogP contribution in [0.2, 0.25) is 0 Å². The van der Waals surface area contributed by atoms with Crippen molar-refractivity contribution in [2.24, 2.45) is 5.92 Å². The standard InChI is InChI=1S/C21H34N2O2/c1-6-22-14-18-9-11-23(12-10-18)21(24)17(5)25-20-13-16(4)7-8-19(20)15(2)3/h7-8,13,15,17-18,22H,6,9-12,14H2,1-5H3. The maximum Gasteiger partial charge on any atom is 0.263 e. The molecule has 1 amide bonds. The number of benzene rings is 1. The van der Waals surface area contributed by atoms with E-state index in [-0.39, 0.29) is 5.91 Å². The molecule has 1 fully saturated rings. The van der Waals surface area contributed by atoms with Crippen molar-refractivity contribution in [2.75, 3.05) is 26.2 Å². The maximum atomic E-state index is 12.8. The molecule has 0 aliphatic carbocycles. The van der Waals surface area contributed by atoms with Crippen molar-refractivity contribution in [3.8, 4) is 5.75 Å². The van der Waals surface area contributed by atoms with Gasteiger partial charge in [0.1, 0.15) is 5.75 Å². The lowest BCUT2D eigenvalue weighted by atomic mass is 9.96. The van der Waals surface area contributed by atoms with Gasteiger partial charge in [-0.25, -0.2) is 0 Å². The van der Waals surface area contributed by atoms with Crippen molar-refractivity contribution in [3.05, 3.63) is 29.3 Å². The van der Waals surface area contributed by atoms with Crippen LogP contribution in [0.4, 0.5) is 0 Å². The topological polar surface area (TPSA) is 41.6 Å². The first-order valence-electron chi connectivity index (χ1n) is 9.69. The maximum absolute atomic E-state index is 12.8. The van der Waals surface area contributed by atoms with Crippen molar-refractivity contribution in [3.63, 3.8) is 0 Å². The minimum atomic E-state index is -0.440. The summed E-state index contributed by atoms with van der Waals surface area (Å²) in [5.41, 5.74) is 2.32. The smallest absolute Gasteiger partial charge is 0.263 e. The number of hydrogen-bond acceptors (Lipinski definition) is 3. The molecule has 4 nitrogen and oxygen atoms in total. The summed E-state index contributed by atoms with van der Waals surface area (Å²) in [5, 5.41) is 3.41. The second kappa shape index (κ2) is 9.23.